The van der Waals surface area contributed by atoms with Crippen molar-refractivity contribution in [1.29, 1.82) is 0 Å². The van der Waals surface area contributed by atoms with Crippen molar-refractivity contribution in [2.75, 3.05) is 26.2 Å². The predicted octanol–water partition coefficient (Wildman–Crippen LogP) is 2.04. The number of rotatable bonds is 6. The van der Waals surface area contributed by atoms with Gasteiger partial charge < -0.3 is 24.8 Å². The molecule has 0 amide bonds. The Hall–Kier alpha value is -0.220. The third-order valence-corrected chi connectivity index (χ3v) is 2.85. The zero-order valence-electron chi connectivity index (χ0n) is 10.2. The minimum absolute atomic E-state index is 0.656. The first-order valence-corrected chi connectivity index (χ1v) is 6.47. The Morgan fingerprint density at radius 3 is 1.87 bits per heavy atom. The van der Waals surface area contributed by atoms with Gasteiger partial charge in [-0.25, -0.2) is 0 Å². The molecule has 0 saturated heterocycles. The lowest BCUT2D eigenvalue weighted by molar-refractivity contribution is -0.526. The molecule has 0 saturated carbocycles. The van der Waals surface area contributed by atoms with Crippen LogP contribution in [0.1, 0.15) is 34.1 Å². The monoisotopic (exact) mass is 246 g/mol. The largest absolute Gasteiger partial charge is 0.432 e. The number of nitrogens with zero attached hydrogens (tertiary/aromatic N) is 2. The summed E-state index contributed by atoms with van der Waals surface area (Å²) >= 11 is 10.1. The van der Waals surface area contributed by atoms with Crippen LogP contribution in [-0.2, 0) is 12.6 Å². The van der Waals surface area contributed by atoms with Crippen LogP contribution in [0.2, 0.25) is 0 Å². The molecule has 0 radical (unpaired) electrons. The van der Waals surface area contributed by atoms with Crippen LogP contribution in [0.3, 0.4) is 0 Å². The van der Waals surface area contributed by atoms with Crippen molar-refractivity contribution in [2.45, 2.75) is 34.1 Å². The summed E-state index contributed by atoms with van der Waals surface area (Å²) in [6, 6.07) is 0. The molecular weight excluding hydrogens is 224 g/mol. The van der Waals surface area contributed by atoms with E-state index in [1.807, 2.05) is 0 Å². The molecule has 0 spiro atoms. The van der Waals surface area contributed by atoms with Crippen molar-refractivity contribution in [3.63, 3.8) is 0 Å². The maximum atomic E-state index is 5.04. The number of amidine groups is 1. The normalized spacial score (nSPS) is 9.87. The molecule has 0 rings (SSSR count). The molecule has 2 nitrogen and oxygen atoms in total. The van der Waals surface area contributed by atoms with Crippen LogP contribution in [0.25, 0.3) is 0 Å². The highest BCUT2D eigenvalue weighted by atomic mass is 32.1. The van der Waals surface area contributed by atoms with Gasteiger partial charge in [-0.15, -0.1) is 4.20 Å². The van der Waals surface area contributed by atoms with Crippen LogP contribution in [0.4, 0.5) is 0 Å². The fraction of sp³-hybridized carbons (Fsp3) is 0.818. The number of hydrogen-bond acceptors (Lipinski definition) is 2. The Balaban J connectivity index is 4.99. The fourth-order valence-corrected chi connectivity index (χ4v) is 1.99. The Kier molecular flexibility index (Phi) is 7.88. The van der Waals surface area contributed by atoms with Crippen LogP contribution in [-0.4, -0.2) is 45.7 Å². The van der Waals surface area contributed by atoms with Gasteiger partial charge in [-0.2, -0.15) is 0 Å². The topological polar surface area (TPSA) is 6.25 Å². The Bertz CT molecular complexity index is 227. The highest BCUT2D eigenvalue weighted by molar-refractivity contribution is 8.00. The zero-order valence-corrected chi connectivity index (χ0v) is 11.9. The smallest absolute Gasteiger partial charge is 0.249 e. The van der Waals surface area contributed by atoms with Crippen molar-refractivity contribution in [1.82, 2.24) is 4.90 Å². The van der Waals surface area contributed by atoms with Crippen molar-refractivity contribution in [2.24, 2.45) is 0 Å². The first kappa shape index (κ1) is 14.8. The summed E-state index contributed by atoms with van der Waals surface area (Å²) in [5, 5.41) is 0. The molecule has 0 heterocycles. The van der Waals surface area contributed by atoms with Crippen LogP contribution >= 0.6 is 12.2 Å². The summed E-state index contributed by atoms with van der Waals surface area (Å²) < 4.78 is 3.00. The molecule has 0 aromatic carbocycles. The highest BCUT2D eigenvalue weighted by Crippen LogP contribution is 1.99. The molecule has 4 heteroatoms. The lowest BCUT2D eigenvalue weighted by Crippen LogP contribution is -2.39. The summed E-state index contributed by atoms with van der Waals surface area (Å²) in [5.41, 5.74) is 0. The van der Waals surface area contributed by atoms with Crippen LogP contribution in [0.15, 0.2) is 0 Å². The zero-order chi connectivity index (χ0) is 11.8. The molecule has 0 bridgehead atoms. The van der Waals surface area contributed by atoms with Gasteiger partial charge in [0.05, 0.1) is 32.6 Å². The summed E-state index contributed by atoms with van der Waals surface area (Å²) in [6.45, 7) is 12.7. The molecule has 0 aromatic heterocycles. The van der Waals surface area contributed by atoms with Crippen molar-refractivity contribution >= 4 is 34.9 Å². The molecule has 88 valence electrons. The van der Waals surface area contributed by atoms with E-state index in [4.69, 9.17) is 24.8 Å². The molecule has 0 N–H and O–H groups in total. The predicted molar refractivity (Wildman–Crippen MR) is 73.9 cm³/mol. The number of thiocarbonyl (C=S) groups is 1. The van der Waals surface area contributed by atoms with E-state index in [1.165, 1.54) is 5.84 Å². The summed E-state index contributed by atoms with van der Waals surface area (Å²) in [6.07, 6.45) is 0.744. The Morgan fingerprint density at radius 1 is 1.13 bits per heavy atom. The molecule has 0 aliphatic rings. The van der Waals surface area contributed by atoms with E-state index < -0.39 is 0 Å². The Morgan fingerprint density at radius 2 is 1.60 bits per heavy atom. The second kappa shape index (κ2) is 7.99. The average Bonchev–Trinajstić information content (AvgIpc) is 2.20. The molecule has 0 unspecified atom stereocenters. The first-order valence-electron chi connectivity index (χ1n) is 5.66. The van der Waals surface area contributed by atoms with Crippen molar-refractivity contribution in [3.05, 3.63) is 0 Å². The van der Waals surface area contributed by atoms with E-state index in [1.54, 1.807) is 0 Å². The van der Waals surface area contributed by atoms with Gasteiger partial charge >= 0.3 is 0 Å². The Labute approximate surface area is 105 Å². The second-order valence-electron chi connectivity index (χ2n) is 3.31. The van der Waals surface area contributed by atoms with Crippen LogP contribution in [0.5, 0.6) is 0 Å². The van der Waals surface area contributed by atoms with Gasteiger partial charge in [-0.05, 0) is 27.7 Å². The SMILES string of the molecule is CCN(CC)C(CC(=S)[S-])=[N+](CC)CC. The van der Waals surface area contributed by atoms with E-state index in [0.717, 1.165) is 32.6 Å². The molecule has 0 aromatic rings. The van der Waals surface area contributed by atoms with Gasteiger partial charge in [0.2, 0.25) is 5.84 Å². The summed E-state index contributed by atoms with van der Waals surface area (Å²) in [4.78, 5) is 2.34. The van der Waals surface area contributed by atoms with Crippen molar-refractivity contribution in [3.8, 4) is 0 Å². The van der Waals surface area contributed by atoms with Crippen LogP contribution in [0, 0.1) is 0 Å². The maximum absolute atomic E-state index is 5.04. The van der Waals surface area contributed by atoms with Gasteiger partial charge in [0.15, 0.2) is 0 Å². The van der Waals surface area contributed by atoms with Crippen LogP contribution < -0.4 is 0 Å². The molecule has 0 aliphatic carbocycles. The van der Waals surface area contributed by atoms with Gasteiger partial charge in [0.1, 0.15) is 0 Å². The highest BCUT2D eigenvalue weighted by Gasteiger charge is 2.17. The molecular formula is C11H22N2S2. The van der Waals surface area contributed by atoms with E-state index in [0.29, 0.717) is 4.20 Å². The summed E-state index contributed by atoms with van der Waals surface area (Å²) in [5.74, 6) is 1.28. The maximum Gasteiger partial charge on any atom is 0.249 e. The third-order valence-electron chi connectivity index (χ3n) is 2.56. The lowest BCUT2D eigenvalue weighted by Gasteiger charge is -2.21. The van der Waals surface area contributed by atoms with Gasteiger partial charge in [0, 0.05) is 0 Å². The minimum atomic E-state index is 0.656. The van der Waals surface area contributed by atoms with E-state index in [9.17, 15) is 0 Å². The third kappa shape index (κ3) is 4.89. The molecule has 0 fully saturated rings. The lowest BCUT2D eigenvalue weighted by atomic mass is 10.3. The van der Waals surface area contributed by atoms with Crippen molar-refractivity contribution < 1.29 is 4.58 Å². The first-order chi connectivity index (χ1) is 7.10. The molecule has 0 aliphatic heterocycles. The molecule has 15 heavy (non-hydrogen) atoms. The van der Waals surface area contributed by atoms with Gasteiger partial charge in [0.25, 0.3) is 0 Å². The minimum Gasteiger partial charge on any atom is -0.432 e. The fourth-order valence-electron chi connectivity index (χ4n) is 1.73. The van der Waals surface area contributed by atoms with E-state index in [2.05, 4.69) is 37.2 Å². The van der Waals surface area contributed by atoms with Gasteiger partial charge in [-0.3, -0.25) is 9.48 Å². The number of hydrogen-bond donors (Lipinski definition) is 0. The standard InChI is InChI=1S/C11H22N2S2/c1-5-12(6-2)10(9-11(14)15)13(7-3)8-4/h5-9H2,1-4H3. The van der Waals surface area contributed by atoms with Gasteiger partial charge in [-0.1, -0.05) is 0 Å². The second-order valence-corrected chi connectivity index (χ2v) is 4.55. The van der Waals surface area contributed by atoms with E-state index >= 15 is 0 Å². The average molecular weight is 246 g/mol. The quantitative estimate of drug-likeness (QED) is 0.233. The summed E-state index contributed by atoms with van der Waals surface area (Å²) in [7, 11) is 0. The molecule has 0 atom stereocenters. The van der Waals surface area contributed by atoms with E-state index in [-0.39, 0.29) is 0 Å².